The summed E-state index contributed by atoms with van der Waals surface area (Å²) in [6.45, 7) is 5.86. The normalized spacial score (nSPS) is 16.5. The van der Waals surface area contributed by atoms with Crippen LogP contribution in [0.3, 0.4) is 0 Å². The lowest BCUT2D eigenvalue weighted by atomic mass is 10.0. The molecule has 24 heavy (non-hydrogen) atoms. The second-order valence-electron chi connectivity index (χ2n) is 6.15. The first-order chi connectivity index (χ1) is 11.7. The van der Waals surface area contributed by atoms with Gasteiger partial charge in [0, 0.05) is 25.2 Å². The molecule has 2 aromatic carbocycles. The smallest absolute Gasteiger partial charge is 0.251 e. The quantitative estimate of drug-likeness (QED) is 0.919. The van der Waals surface area contributed by atoms with Gasteiger partial charge in [0.15, 0.2) is 0 Å². The van der Waals surface area contributed by atoms with Crippen LogP contribution >= 0.6 is 0 Å². The highest BCUT2D eigenvalue weighted by Gasteiger charge is 2.23. The molecule has 126 valence electrons. The van der Waals surface area contributed by atoms with Gasteiger partial charge in [0.2, 0.25) is 0 Å². The zero-order valence-corrected chi connectivity index (χ0v) is 14.1. The van der Waals surface area contributed by atoms with E-state index in [1.54, 1.807) is 0 Å². The van der Waals surface area contributed by atoms with Gasteiger partial charge < -0.3 is 10.1 Å². The Kier molecular flexibility index (Phi) is 5.62. The van der Waals surface area contributed by atoms with Crippen molar-refractivity contribution in [1.82, 2.24) is 10.2 Å². The summed E-state index contributed by atoms with van der Waals surface area (Å²) in [6.07, 6.45) is 0. The SMILES string of the molecule is Cc1cccc(C(=O)NC[C@@H](c2ccccc2)N2CCOCC2)c1. The third kappa shape index (κ3) is 4.22. The van der Waals surface area contributed by atoms with Crippen molar-refractivity contribution in [3.05, 3.63) is 71.3 Å². The Bertz CT molecular complexity index is 666. The monoisotopic (exact) mass is 324 g/mol. The van der Waals surface area contributed by atoms with E-state index in [-0.39, 0.29) is 11.9 Å². The minimum absolute atomic E-state index is 0.0205. The Hall–Kier alpha value is -2.17. The van der Waals surface area contributed by atoms with Crippen LogP contribution < -0.4 is 5.32 Å². The third-order valence-corrected chi connectivity index (χ3v) is 4.41. The fraction of sp³-hybridized carbons (Fsp3) is 0.350. The van der Waals surface area contributed by atoms with Gasteiger partial charge in [-0.3, -0.25) is 9.69 Å². The lowest BCUT2D eigenvalue weighted by Gasteiger charge is -2.35. The average Bonchev–Trinajstić information content (AvgIpc) is 2.63. The molecule has 0 aliphatic carbocycles. The fourth-order valence-corrected chi connectivity index (χ4v) is 3.10. The predicted octanol–water partition coefficient (Wildman–Crippen LogP) is 2.80. The van der Waals surface area contributed by atoms with Gasteiger partial charge >= 0.3 is 0 Å². The highest BCUT2D eigenvalue weighted by Crippen LogP contribution is 2.21. The van der Waals surface area contributed by atoms with Gasteiger partial charge in [-0.2, -0.15) is 0 Å². The molecule has 1 amide bonds. The van der Waals surface area contributed by atoms with E-state index >= 15 is 0 Å². The highest BCUT2D eigenvalue weighted by molar-refractivity contribution is 5.94. The first-order valence-electron chi connectivity index (χ1n) is 8.45. The fourth-order valence-electron chi connectivity index (χ4n) is 3.10. The molecule has 0 spiro atoms. The molecule has 0 bridgehead atoms. The van der Waals surface area contributed by atoms with E-state index in [4.69, 9.17) is 4.74 Å². The molecule has 3 rings (SSSR count). The lowest BCUT2D eigenvalue weighted by Crippen LogP contribution is -2.43. The summed E-state index contributed by atoms with van der Waals surface area (Å²) >= 11 is 0. The second kappa shape index (κ2) is 8.08. The van der Waals surface area contributed by atoms with E-state index in [9.17, 15) is 4.79 Å². The minimum Gasteiger partial charge on any atom is -0.379 e. The molecular formula is C20H24N2O2. The van der Waals surface area contributed by atoms with Gasteiger partial charge in [-0.15, -0.1) is 0 Å². The molecule has 0 aromatic heterocycles. The van der Waals surface area contributed by atoms with Crippen LogP contribution in [0.4, 0.5) is 0 Å². The molecular weight excluding hydrogens is 300 g/mol. The van der Waals surface area contributed by atoms with Crippen molar-refractivity contribution < 1.29 is 9.53 Å². The zero-order chi connectivity index (χ0) is 16.8. The van der Waals surface area contributed by atoms with Gasteiger partial charge in [-0.05, 0) is 24.6 Å². The Labute approximate surface area is 143 Å². The summed E-state index contributed by atoms with van der Waals surface area (Å²) in [7, 11) is 0. The zero-order valence-electron chi connectivity index (χ0n) is 14.1. The number of rotatable bonds is 5. The highest BCUT2D eigenvalue weighted by atomic mass is 16.5. The first kappa shape index (κ1) is 16.7. The van der Waals surface area contributed by atoms with Crippen molar-refractivity contribution in [2.75, 3.05) is 32.8 Å². The van der Waals surface area contributed by atoms with Crippen molar-refractivity contribution in [2.45, 2.75) is 13.0 Å². The number of nitrogens with one attached hydrogen (secondary N) is 1. The average molecular weight is 324 g/mol. The van der Waals surface area contributed by atoms with Gasteiger partial charge in [0.1, 0.15) is 0 Å². The predicted molar refractivity (Wildman–Crippen MR) is 95.1 cm³/mol. The molecule has 4 nitrogen and oxygen atoms in total. The maximum atomic E-state index is 12.5. The number of benzene rings is 2. The summed E-state index contributed by atoms with van der Waals surface area (Å²) in [4.78, 5) is 14.8. The third-order valence-electron chi connectivity index (χ3n) is 4.41. The largest absolute Gasteiger partial charge is 0.379 e. The van der Waals surface area contributed by atoms with Crippen molar-refractivity contribution in [2.24, 2.45) is 0 Å². The van der Waals surface area contributed by atoms with Crippen LogP contribution in [0, 0.1) is 6.92 Å². The molecule has 2 aromatic rings. The van der Waals surface area contributed by atoms with Crippen LogP contribution in [-0.2, 0) is 4.74 Å². The van der Waals surface area contributed by atoms with Crippen molar-refractivity contribution >= 4 is 5.91 Å². The minimum atomic E-state index is -0.0205. The van der Waals surface area contributed by atoms with Crippen LogP contribution in [0.5, 0.6) is 0 Å². The van der Waals surface area contributed by atoms with Crippen LogP contribution in [-0.4, -0.2) is 43.7 Å². The Balaban J connectivity index is 1.71. The standard InChI is InChI=1S/C20H24N2O2/c1-16-6-5-9-18(14-16)20(23)21-15-19(17-7-3-2-4-8-17)22-10-12-24-13-11-22/h2-9,14,19H,10-13,15H2,1H3,(H,21,23)/t19-/m0/s1. The van der Waals surface area contributed by atoms with Crippen molar-refractivity contribution in [1.29, 1.82) is 0 Å². The number of carbonyl (C=O) groups is 1. The van der Waals surface area contributed by atoms with E-state index in [1.165, 1.54) is 5.56 Å². The van der Waals surface area contributed by atoms with E-state index in [2.05, 4.69) is 22.3 Å². The topological polar surface area (TPSA) is 41.6 Å². The maximum Gasteiger partial charge on any atom is 0.251 e. The molecule has 0 unspecified atom stereocenters. The molecule has 1 N–H and O–H groups in total. The molecule has 4 heteroatoms. The van der Waals surface area contributed by atoms with E-state index in [0.29, 0.717) is 12.1 Å². The molecule has 1 saturated heterocycles. The molecule has 1 atom stereocenters. The van der Waals surface area contributed by atoms with Crippen LogP contribution in [0.25, 0.3) is 0 Å². The molecule has 0 saturated carbocycles. The number of ether oxygens (including phenoxy) is 1. The Morgan fingerprint density at radius 3 is 2.58 bits per heavy atom. The molecule has 0 radical (unpaired) electrons. The summed E-state index contributed by atoms with van der Waals surface area (Å²) < 4.78 is 5.46. The summed E-state index contributed by atoms with van der Waals surface area (Å²) in [5.41, 5.74) is 3.03. The first-order valence-corrected chi connectivity index (χ1v) is 8.45. The van der Waals surface area contributed by atoms with E-state index in [0.717, 1.165) is 31.9 Å². The number of amides is 1. The van der Waals surface area contributed by atoms with Crippen LogP contribution in [0.1, 0.15) is 27.5 Å². The number of hydrogen-bond donors (Lipinski definition) is 1. The van der Waals surface area contributed by atoms with Gasteiger partial charge in [-0.25, -0.2) is 0 Å². The number of hydrogen-bond acceptors (Lipinski definition) is 3. The summed E-state index contributed by atoms with van der Waals surface area (Å²) in [6, 6.07) is 18.2. The number of morpholine rings is 1. The maximum absolute atomic E-state index is 12.5. The number of aryl methyl sites for hydroxylation is 1. The second-order valence-corrected chi connectivity index (χ2v) is 6.15. The van der Waals surface area contributed by atoms with Gasteiger partial charge in [0.05, 0.1) is 19.3 Å². The number of nitrogens with zero attached hydrogens (tertiary/aromatic N) is 1. The Morgan fingerprint density at radius 2 is 1.88 bits per heavy atom. The molecule has 1 fully saturated rings. The molecule has 1 aliphatic rings. The lowest BCUT2D eigenvalue weighted by molar-refractivity contribution is 0.0162. The van der Waals surface area contributed by atoms with Crippen molar-refractivity contribution in [3.63, 3.8) is 0 Å². The van der Waals surface area contributed by atoms with E-state index < -0.39 is 0 Å². The summed E-state index contributed by atoms with van der Waals surface area (Å²) in [5, 5.41) is 3.10. The molecule has 1 heterocycles. The number of carbonyl (C=O) groups excluding carboxylic acids is 1. The van der Waals surface area contributed by atoms with E-state index in [1.807, 2.05) is 49.4 Å². The van der Waals surface area contributed by atoms with Crippen molar-refractivity contribution in [3.8, 4) is 0 Å². The van der Waals surface area contributed by atoms with Crippen LogP contribution in [0.2, 0.25) is 0 Å². The van der Waals surface area contributed by atoms with Gasteiger partial charge in [-0.1, -0.05) is 48.0 Å². The van der Waals surface area contributed by atoms with Gasteiger partial charge in [0.25, 0.3) is 5.91 Å². The van der Waals surface area contributed by atoms with Crippen LogP contribution in [0.15, 0.2) is 54.6 Å². The Morgan fingerprint density at radius 1 is 1.12 bits per heavy atom. The molecule has 1 aliphatic heterocycles. The summed E-state index contributed by atoms with van der Waals surface area (Å²) in [5.74, 6) is -0.0205.